The minimum absolute atomic E-state index is 0.264. The predicted octanol–water partition coefficient (Wildman–Crippen LogP) is 3.50. The van der Waals surface area contributed by atoms with Crippen LogP contribution in [0.2, 0.25) is 0 Å². The zero-order valence-corrected chi connectivity index (χ0v) is 15.4. The van der Waals surface area contributed by atoms with Gasteiger partial charge in [-0.2, -0.15) is 0 Å². The zero-order valence-electron chi connectivity index (χ0n) is 15.4. The fourth-order valence-electron chi connectivity index (χ4n) is 2.81. The summed E-state index contributed by atoms with van der Waals surface area (Å²) in [6.45, 7) is -0.0282. The van der Waals surface area contributed by atoms with Gasteiger partial charge in [0, 0.05) is 6.54 Å². The highest BCUT2D eigenvalue weighted by Crippen LogP contribution is 2.26. The van der Waals surface area contributed by atoms with Crippen molar-refractivity contribution in [3.05, 3.63) is 77.6 Å². The summed E-state index contributed by atoms with van der Waals surface area (Å²) in [7, 11) is 1.48. The topological polar surface area (TPSA) is 64.6 Å². The van der Waals surface area contributed by atoms with E-state index in [2.05, 4.69) is 5.32 Å². The minimum Gasteiger partial charge on any atom is -0.496 e. The summed E-state index contributed by atoms with van der Waals surface area (Å²) in [6.07, 6.45) is 0.554. The summed E-state index contributed by atoms with van der Waals surface area (Å²) < 4.78 is 23.3. The smallest absolute Gasteiger partial charge is 0.342 e. The van der Waals surface area contributed by atoms with Crippen LogP contribution in [0.3, 0.4) is 0 Å². The molecule has 0 saturated heterocycles. The SMILES string of the molecule is COc1cc2ccccc2cc1C(=O)OCC(=O)NCCc1ccc(F)cc1. The summed E-state index contributed by atoms with van der Waals surface area (Å²) in [5.74, 6) is -0.948. The molecule has 6 heteroatoms. The number of rotatable bonds is 7. The maximum Gasteiger partial charge on any atom is 0.342 e. The normalized spacial score (nSPS) is 10.5. The molecule has 0 aliphatic heterocycles. The lowest BCUT2D eigenvalue weighted by Crippen LogP contribution is -2.30. The Morgan fingerprint density at radius 3 is 2.36 bits per heavy atom. The van der Waals surface area contributed by atoms with Gasteiger partial charge in [-0.25, -0.2) is 9.18 Å². The molecular formula is C22H20FNO4. The number of hydrogen-bond acceptors (Lipinski definition) is 4. The molecule has 0 aliphatic rings. The summed E-state index contributed by atoms with van der Waals surface area (Å²) in [6, 6.07) is 17.1. The van der Waals surface area contributed by atoms with Crippen LogP contribution in [0.15, 0.2) is 60.7 Å². The third-order valence-corrected chi connectivity index (χ3v) is 4.27. The van der Waals surface area contributed by atoms with Crippen LogP contribution < -0.4 is 10.1 Å². The Labute approximate surface area is 162 Å². The van der Waals surface area contributed by atoms with Crippen LogP contribution in [0.25, 0.3) is 10.8 Å². The lowest BCUT2D eigenvalue weighted by atomic mass is 10.1. The number of esters is 1. The summed E-state index contributed by atoms with van der Waals surface area (Å²) in [4.78, 5) is 24.3. The third-order valence-electron chi connectivity index (χ3n) is 4.27. The number of fused-ring (bicyclic) bond motifs is 1. The summed E-state index contributed by atoms with van der Waals surface area (Å²) >= 11 is 0. The fourth-order valence-corrected chi connectivity index (χ4v) is 2.81. The minimum atomic E-state index is -0.628. The number of carbonyl (C=O) groups excluding carboxylic acids is 2. The molecule has 0 bridgehead atoms. The van der Waals surface area contributed by atoms with Crippen molar-refractivity contribution in [2.45, 2.75) is 6.42 Å². The van der Waals surface area contributed by atoms with Gasteiger partial charge in [-0.05, 0) is 47.0 Å². The molecule has 0 spiro atoms. The van der Waals surface area contributed by atoms with Crippen LogP contribution >= 0.6 is 0 Å². The molecule has 0 atom stereocenters. The van der Waals surface area contributed by atoms with E-state index < -0.39 is 18.5 Å². The lowest BCUT2D eigenvalue weighted by Gasteiger charge is -2.11. The Balaban J connectivity index is 1.54. The molecule has 0 saturated carbocycles. The molecule has 3 aromatic rings. The number of ether oxygens (including phenoxy) is 2. The highest BCUT2D eigenvalue weighted by molar-refractivity contribution is 5.99. The fraction of sp³-hybridized carbons (Fsp3) is 0.182. The first-order chi connectivity index (χ1) is 13.6. The number of halogens is 1. The predicted molar refractivity (Wildman–Crippen MR) is 104 cm³/mol. The van der Waals surface area contributed by atoms with Gasteiger partial charge < -0.3 is 14.8 Å². The van der Waals surface area contributed by atoms with Gasteiger partial charge in [-0.15, -0.1) is 0 Å². The van der Waals surface area contributed by atoms with Crippen molar-refractivity contribution in [1.29, 1.82) is 0 Å². The van der Waals surface area contributed by atoms with Crippen LogP contribution in [-0.4, -0.2) is 32.1 Å². The number of nitrogens with one attached hydrogen (secondary N) is 1. The van der Waals surface area contributed by atoms with E-state index in [1.165, 1.54) is 19.2 Å². The molecule has 0 radical (unpaired) electrons. The quantitative estimate of drug-likeness (QED) is 0.636. The van der Waals surface area contributed by atoms with Crippen LogP contribution in [0.5, 0.6) is 5.75 Å². The average Bonchev–Trinajstić information content (AvgIpc) is 2.72. The van der Waals surface area contributed by atoms with Gasteiger partial charge >= 0.3 is 5.97 Å². The monoisotopic (exact) mass is 381 g/mol. The van der Waals surface area contributed by atoms with Crippen molar-refractivity contribution in [2.24, 2.45) is 0 Å². The van der Waals surface area contributed by atoms with E-state index in [1.54, 1.807) is 24.3 Å². The third kappa shape index (κ3) is 4.85. The van der Waals surface area contributed by atoms with Crippen LogP contribution in [0, 0.1) is 5.82 Å². The van der Waals surface area contributed by atoms with Gasteiger partial charge in [0.15, 0.2) is 6.61 Å². The van der Waals surface area contributed by atoms with Gasteiger partial charge in [0.2, 0.25) is 0 Å². The Bertz CT molecular complexity index is 985. The van der Waals surface area contributed by atoms with Gasteiger partial charge in [0.25, 0.3) is 5.91 Å². The maximum absolute atomic E-state index is 12.9. The van der Waals surface area contributed by atoms with Crippen molar-refractivity contribution in [3.63, 3.8) is 0 Å². The Kier molecular flexibility index (Phi) is 6.22. The molecule has 5 nitrogen and oxygen atoms in total. The van der Waals surface area contributed by atoms with Crippen molar-refractivity contribution >= 4 is 22.6 Å². The number of carbonyl (C=O) groups is 2. The van der Waals surface area contributed by atoms with E-state index in [1.807, 2.05) is 24.3 Å². The maximum atomic E-state index is 12.9. The zero-order chi connectivity index (χ0) is 19.9. The highest BCUT2D eigenvalue weighted by Gasteiger charge is 2.16. The molecule has 0 fully saturated rings. The Morgan fingerprint density at radius 1 is 1.00 bits per heavy atom. The molecule has 0 aliphatic carbocycles. The van der Waals surface area contributed by atoms with Gasteiger partial charge in [-0.1, -0.05) is 36.4 Å². The number of methoxy groups -OCH3 is 1. The van der Waals surface area contributed by atoms with E-state index in [-0.39, 0.29) is 11.4 Å². The molecule has 3 aromatic carbocycles. The van der Waals surface area contributed by atoms with Crippen LogP contribution in [0.4, 0.5) is 4.39 Å². The molecule has 1 N–H and O–H groups in total. The van der Waals surface area contributed by atoms with Crippen molar-refractivity contribution in [1.82, 2.24) is 5.32 Å². The number of amides is 1. The number of benzene rings is 3. The summed E-state index contributed by atoms with van der Waals surface area (Å²) in [5, 5.41) is 4.48. The molecule has 3 rings (SSSR count). The second kappa shape index (κ2) is 8.99. The number of hydrogen-bond donors (Lipinski definition) is 1. The van der Waals surface area contributed by atoms with Gasteiger partial charge in [0.1, 0.15) is 17.1 Å². The van der Waals surface area contributed by atoms with E-state index in [0.717, 1.165) is 16.3 Å². The lowest BCUT2D eigenvalue weighted by molar-refractivity contribution is -0.124. The van der Waals surface area contributed by atoms with Gasteiger partial charge in [-0.3, -0.25) is 4.79 Å². The molecule has 1 amide bonds. The van der Waals surface area contributed by atoms with Crippen molar-refractivity contribution in [3.8, 4) is 5.75 Å². The largest absolute Gasteiger partial charge is 0.496 e. The van der Waals surface area contributed by atoms with E-state index in [4.69, 9.17) is 9.47 Å². The van der Waals surface area contributed by atoms with Crippen molar-refractivity contribution < 1.29 is 23.5 Å². The molecule has 144 valence electrons. The molecule has 0 heterocycles. The molecule has 0 unspecified atom stereocenters. The Morgan fingerprint density at radius 2 is 1.68 bits per heavy atom. The average molecular weight is 381 g/mol. The van der Waals surface area contributed by atoms with E-state index in [0.29, 0.717) is 18.7 Å². The van der Waals surface area contributed by atoms with Crippen LogP contribution in [0.1, 0.15) is 15.9 Å². The summed E-state index contributed by atoms with van der Waals surface area (Å²) in [5.41, 5.74) is 1.17. The standard InChI is InChI=1S/C22H20FNO4/c1-27-20-13-17-5-3-2-4-16(17)12-19(20)22(26)28-14-21(25)24-11-10-15-6-8-18(23)9-7-15/h2-9,12-13H,10-11,14H2,1H3,(H,24,25). The van der Waals surface area contributed by atoms with Crippen LogP contribution in [-0.2, 0) is 16.0 Å². The van der Waals surface area contributed by atoms with E-state index in [9.17, 15) is 14.0 Å². The second-order valence-electron chi connectivity index (χ2n) is 6.20. The first-order valence-corrected chi connectivity index (χ1v) is 8.82. The van der Waals surface area contributed by atoms with E-state index >= 15 is 0 Å². The molecular weight excluding hydrogens is 361 g/mol. The second-order valence-corrected chi connectivity index (χ2v) is 6.20. The first-order valence-electron chi connectivity index (χ1n) is 8.82. The van der Waals surface area contributed by atoms with Gasteiger partial charge in [0.05, 0.1) is 7.11 Å². The van der Waals surface area contributed by atoms with Crippen molar-refractivity contribution in [2.75, 3.05) is 20.3 Å². The highest BCUT2D eigenvalue weighted by atomic mass is 19.1. The Hall–Kier alpha value is -3.41. The molecule has 0 aromatic heterocycles. The first kappa shape index (κ1) is 19.4. The molecule has 28 heavy (non-hydrogen) atoms.